The molecule has 1 aliphatic rings. The fourth-order valence-corrected chi connectivity index (χ4v) is 3.12. The largest absolute Gasteiger partial charge is 0.353 e. The molecule has 7 nitrogen and oxygen atoms in total. The molecule has 7 heteroatoms. The lowest BCUT2D eigenvalue weighted by atomic mass is 10.2. The minimum absolute atomic E-state index is 0.585. The molecule has 3 aromatic rings. The van der Waals surface area contributed by atoms with E-state index in [0.717, 1.165) is 43.5 Å². The van der Waals surface area contributed by atoms with Crippen molar-refractivity contribution in [1.29, 1.82) is 5.26 Å². The number of anilines is 4. The molecule has 0 radical (unpaired) electrons. The lowest BCUT2D eigenvalue weighted by molar-refractivity contribution is 0.641. The minimum Gasteiger partial charge on any atom is -0.353 e. The number of aromatic nitrogens is 3. The summed E-state index contributed by atoms with van der Waals surface area (Å²) in [5.41, 5.74) is 1.33. The van der Waals surface area contributed by atoms with Gasteiger partial charge in [-0.3, -0.25) is 0 Å². The van der Waals surface area contributed by atoms with Gasteiger partial charge in [0.05, 0.1) is 11.3 Å². The van der Waals surface area contributed by atoms with Crippen LogP contribution in [0.25, 0.3) is 0 Å². The highest BCUT2D eigenvalue weighted by atomic mass is 15.3. The summed E-state index contributed by atoms with van der Waals surface area (Å²) in [5.74, 6) is 2.56. The smallest absolute Gasteiger partial charge is 0.135 e. The second kappa shape index (κ2) is 7.70. The maximum atomic E-state index is 9.23. The maximum Gasteiger partial charge on any atom is 0.135 e. The third-order valence-electron chi connectivity index (χ3n) is 4.54. The van der Waals surface area contributed by atoms with E-state index in [1.165, 1.54) is 0 Å². The van der Waals surface area contributed by atoms with Gasteiger partial charge in [0, 0.05) is 38.4 Å². The van der Waals surface area contributed by atoms with Gasteiger partial charge in [-0.2, -0.15) is 5.26 Å². The monoisotopic (exact) mass is 357 g/mol. The van der Waals surface area contributed by atoms with Crippen molar-refractivity contribution in [2.24, 2.45) is 0 Å². The Labute approximate surface area is 157 Å². The topological polar surface area (TPSA) is 81.0 Å². The SMILES string of the molecule is N#Cc1ccccc1Nc1cc(N2CCN(c3ccccn3)CC2)ncn1. The number of rotatable bonds is 4. The van der Waals surface area contributed by atoms with Crippen LogP contribution in [0.2, 0.25) is 0 Å². The molecule has 0 aliphatic carbocycles. The van der Waals surface area contributed by atoms with Crippen molar-refractivity contribution in [3.63, 3.8) is 0 Å². The summed E-state index contributed by atoms with van der Waals surface area (Å²) in [6.07, 6.45) is 3.38. The molecule has 0 spiro atoms. The van der Waals surface area contributed by atoms with Crippen LogP contribution in [-0.2, 0) is 0 Å². The molecule has 1 aliphatic heterocycles. The van der Waals surface area contributed by atoms with Crippen LogP contribution >= 0.6 is 0 Å². The number of hydrogen-bond acceptors (Lipinski definition) is 7. The average molecular weight is 357 g/mol. The molecule has 4 rings (SSSR count). The number of hydrogen-bond donors (Lipinski definition) is 1. The summed E-state index contributed by atoms with van der Waals surface area (Å²) >= 11 is 0. The van der Waals surface area contributed by atoms with Crippen molar-refractivity contribution in [3.8, 4) is 6.07 Å². The number of nitrogens with one attached hydrogen (secondary N) is 1. The maximum absolute atomic E-state index is 9.23. The molecule has 0 saturated carbocycles. The number of nitriles is 1. The van der Waals surface area contributed by atoms with Gasteiger partial charge in [0.25, 0.3) is 0 Å². The third kappa shape index (κ3) is 3.80. The van der Waals surface area contributed by atoms with E-state index in [-0.39, 0.29) is 0 Å². The van der Waals surface area contributed by atoms with Crippen molar-refractivity contribution < 1.29 is 0 Å². The van der Waals surface area contributed by atoms with Crippen LogP contribution in [0.3, 0.4) is 0 Å². The van der Waals surface area contributed by atoms with Crippen molar-refractivity contribution >= 4 is 23.1 Å². The van der Waals surface area contributed by atoms with Crippen LogP contribution in [0.15, 0.2) is 61.1 Å². The van der Waals surface area contributed by atoms with Gasteiger partial charge in [-0.15, -0.1) is 0 Å². The molecule has 27 heavy (non-hydrogen) atoms. The molecule has 0 amide bonds. The van der Waals surface area contributed by atoms with Crippen LogP contribution < -0.4 is 15.1 Å². The summed E-state index contributed by atoms with van der Waals surface area (Å²) in [5, 5.41) is 12.4. The molecular weight excluding hydrogens is 338 g/mol. The van der Waals surface area contributed by atoms with Gasteiger partial charge in [-0.05, 0) is 24.3 Å². The Morgan fingerprint density at radius 3 is 2.33 bits per heavy atom. The van der Waals surface area contributed by atoms with E-state index in [2.05, 4.69) is 36.1 Å². The fourth-order valence-electron chi connectivity index (χ4n) is 3.12. The first-order valence-electron chi connectivity index (χ1n) is 8.82. The van der Waals surface area contributed by atoms with Crippen molar-refractivity contribution in [2.45, 2.75) is 0 Å². The number of pyridine rings is 1. The van der Waals surface area contributed by atoms with Gasteiger partial charge in [0.2, 0.25) is 0 Å². The summed E-state index contributed by atoms with van der Waals surface area (Å²) in [6, 6.07) is 17.5. The van der Waals surface area contributed by atoms with Crippen LogP contribution in [0.1, 0.15) is 5.56 Å². The molecule has 1 saturated heterocycles. The Hall–Kier alpha value is -3.66. The molecule has 1 fully saturated rings. The number of para-hydroxylation sites is 1. The molecule has 134 valence electrons. The second-order valence-electron chi connectivity index (χ2n) is 6.21. The van der Waals surface area contributed by atoms with Gasteiger partial charge in [-0.1, -0.05) is 18.2 Å². The second-order valence-corrected chi connectivity index (χ2v) is 6.21. The number of benzene rings is 1. The van der Waals surface area contributed by atoms with Gasteiger partial charge < -0.3 is 15.1 Å². The van der Waals surface area contributed by atoms with Crippen LogP contribution in [-0.4, -0.2) is 41.1 Å². The summed E-state index contributed by atoms with van der Waals surface area (Å²) in [7, 11) is 0. The molecule has 3 heterocycles. The molecule has 1 aromatic carbocycles. The predicted molar refractivity (Wildman–Crippen MR) is 105 cm³/mol. The summed E-state index contributed by atoms with van der Waals surface area (Å²) in [4.78, 5) is 17.6. The standard InChI is InChI=1S/C20H19N7/c21-14-16-5-1-2-6-17(16)25-18-13-20(24-15-23-18)27-11-9-26(10-12-27)19-7-3-4-8-22-19/h1-8,13,15H,9-12H2,(H,23,24,25). The average Bonchev–Trinajstić information content (AvgIpc) is 2.75. The van der Waals surface area contributed by atoms with E-state index in [1.807, 2.05) is 48.7 Å². The highest BCUT2D eigenvalue weighted by molar-refractivity contribution is 5.65. The van der Waals surface area contributed by atoms with Crippen LogP contribution in [0.4, 0.5) is 23.1 Å². The molecule has 0 bridgehead atoms. The predicted octanol–water partition coefficient (Wildman–Crippen LogP) is 2.81. The van der Waals surface area contributed by atoms with Crippen molar-refractivity contribution in [3.05, 3.63) is 66.6 Å². The fraction of sp³-hybridized carbons (Fsp3) is 0.200. The van der Waals surface area contributed by atoms with E-state index in [1.54, 1.807) is 12.4 Å². The highest BCUT2D eigenvalue weighted by Gasteiger charge is 2.19. The van der Waals surface area contributed by atoms with Crippen LogP contribution in [0.5, 0.6) is 0 Å². The third-order valence-corrected chi connectivity index (χ3v) is 4.54. The Morgan fingerprint density at radius 2 is 1.59 bits per heavy atom. The molecule has 0 atom stereocenters. The van der Waals surface area contributed by atoms with Gasteiger partial charge in [-0.25, -0.2) is 15.0 Å². The van der Waals surface area contributed by atoms with Crippen molar-refractivity contribution in [2.75, 3.05) is 41.3 Å². The number of piperazine rings is 1. The summed E-state index contributed by atoms with van der Waals surface area (Å²) in [6.45, 7) is 3.51. The Kier molecular flexibility index (Phi) is 4.79. The minimum atomic E-state index is 0.585. The zero-order chi connectivity index (χ0) is 18.5. The zero-order valence-corrected chi connectivity index (χ0v) is 14.8. The normalized spacial score (nSPS) is 13.9. The van der Waals surface area contributed by atoms with E-state index < -0.39 is 0 Å². The van der Waals surface area contributed by atoms with Crippen LogP contribution in [0, 0.1) is 11.3 Å². The Morgan fingerprint density at radius 1 is 0.852 bits per heavy atom. The molecule has 2 aromatic heterocycles. The number of nitrogens with zero attached hydrogens (tertiary/aromatic N) is 6. The van der Waals surface area contributed by atoms with E-state index in [0.29, 0.717) is 11.4 Å². The van der Waals surface area contributed by atoms with E-state index >= 15 is 0 Å². The van der Waals surface area contributed by atoms with Gasteiger partial charge in [0.1, 0.15) is 29.9 Å². The molecule has 0 unspecified atom stereocenters. The van der Waals surface area contributed by atoms with Gasteiger partial charge >= 0.3 is 0 Å². The Balaban J connectivity index is 1.45. The van der Waals surface area contributed by atoms with Gasteiger partial charge in [0.15, 0.2) is 0 Å². The first-order valence-corrected chi connectivity index (χ1v) is 8.82. The molecular formula is C20H19N7. The van der Waals surface area contributed by atoms with E-state index in [9.17, 15) is 5.26 Å². The van der Waals surface area contributed by atoms with Crippen molar-refractivity contribution in [1.82, 2.24) is 15.0 Å². The Bertz CT molecular complexity index is 944. The zero-order valence-electron chi connectivity index (χ0n) is 14.8. The quantitative estimate of drug-likeness (QED) is 0.769. The highest BCUT2D eigenvalue weighted by Crippen LogP contribution is 2.22. The first-order chi connectivity index (χ1) is 13.3. The first kappa shape index (κ1) is 16.8. The van der Waals surface area contributed by atoms with E-state index in [4.69, 9.17) is 0 Å². The molecule has 1 N–H and O–H groups in total. The summed E-state index contributed by atoms with van der Waals surface area (Å²) < 4.78 is 0. The lowest BCUT2D eigenvalue weighted by Crippen LogP contribution is -2.47. The lowest BCUT2D eigenvalue weighted by Gasteiger charge is -2.36.